The average molecular weight is 441 g/mol. The third-order valence-electron chi connectivity index (χ3n) is 4.90. The zero-order valence-electron chi connectivity index (χ0n) is 18.5. The summed E-state index contributed by atoms with van der Waals surface area (Å²) in [5, 5.41) is 13.7. The molecule has 9 heteroatoms. The number of aryl methyl sites for hydroxylation is 1. The quantitative estimate of drug-likeness (QED) is 0.445. The highest BCUT2D eigenvalue weighted by Gasteiger charge is 2.28. The minimum Gasteiger partial charge on any atom is -0.386 e. The molecule has 0 aromatic heterocycles. The molecule has 0 amide bonds. The Hall–Kier alpha value is -1.68. The molecule has 2 N–H and O–H groups in total. The number of aliphatic hydroxyl groups excluding tert-OH is 1. The van der Waals surface area contributed by atoms with Crippen LogP contribution in [-0.4, -0.2) is 86.4 Å². The van der Waals surface area contributed by atoms with E-state index < -0.39 is 16.1 Å². The lowest BCUT2D eigenvalue weighted by Crippen LogP contribution is -2.54. The van der Waals surface area contributed by atoms with Gasteiger partial charge < -0.3 is 20.1 Å². The highest BCUT2D eigenvalue weighted by Crippen LogP contribution is 2.15. The number of guanidine groups is 1. The molecule has 0 saturated carbocycles. The molecule has 0 bridgehead atoms. The fourth-order valence-corrected chi connectivity index (χ4v) is 4.56. The van der Waals surface area contributed by atoms with Gasteiger partial charge in [-0.1, -0.05) is 29.8 Å². The summed E-state index contributed by atoms with van der Waals surface area (Å²) in [6, 6.07) is 7.77. The van der Waals surface area contributed by atoms with Crippen LogP contribution in [0.5, 0.6) is 0 Å². The highest BCUT2D eigenvalue weighted by molar-refractivity contribution is 7.89. The minimum absolute atomic E-state index is 0.00201. The van der Waals surface area contributed by atoms with Crippen LogP contribution in [0.25, 0.3) is 0 Å². The Balaban J connectivity index is 1.94. The number of hydrogen-bond acceptors (Lipinski definition) is 5. The van der Waals surface area contributed by atoms with Gasteiger partial charge in [-0.3, -0.25) is 4.99 Å². The first-order valence-corrected chi connectivity index (χ1v) is 12.2. The van der Waals surface area contributed by atoms with Gasteiger partial charge in [-0.2, -0.15) is 4.31 Å². The Kier molecular flexibility index (Phi) is 9.54. The van der Waals surface area contributed by atoms with Gasteiger partial charge in [0.25, 0.3) is 0 Å². The Labute approximate surface area is 181 Å². The van der Waals surface area contributed by atoms with Crippen molar-refractivity contribution in [2.75, 3.05) is 51.6 Å². The van der Waals surface area contributed by atoms with Gasteiger partial charge in [-0.15, -0.1) is 0 Å². The maximum atomic E-state index is 12.5. The molecule has 1 fully saturated rings. The minimum atomic E-state index is -3.32. The number of rotatable bonds is 9. The molecule has 1 aliphatic rings. The first kappa shape index (κ1) is 24.6. The number of aliphatic imine (C=N–C) groups is 1. The molecule has 1 aromatic carbocycles. The molecular formula is C21H36N4O4S. The number of aliphatic hydroxyl groups is 1. The summed E-state index contributed by atoms with van der Waals surface area (Å²) in [6.07, 6.45) is -0.660. The molecule has 1 unspecified atom stereocenters. The van der Waals surface area contributed by atoms with Crippen molar-refractivity contribution in [3.8, 4) is 0 Å². The lowest BCUT2D eigenvalue weighted by Gasteiger charge is -2.36. The summed E-state index contributed by atoms with van der Waals surface area (Å²) in [5.74, 6) is 0.701. The first-order valence-electron chi connectivity index (χ1n) is 10.6. The Morgan fingerprint density at radius 1 is 1.27 bits per heavy atom. The lowest BCUT2D eigenvalue weighted by atomic mass is 10.1. The van der Waals surface area contributed by atoms with Crippen molar-refractivity contribution in [1.82, 2.24) is 14.5 Å². The molecule has 0 aliphatic carbocycles. The standard InChI is InChI=1S/C21H36N4O4S/c1-5-22-21(23-16-20(26)19-8-6-7-18(4)15-19)24-9-11-25(12-10-24)30(27,28)14-13-29-17(2)3/h6-8,15,17,20,26H,5,9-14,16H2,1-4H3,(H,22,23). The van der Waals surface area contributed by atoms with Gasteiger partial charge in [0.2, 0.25) is 10.0 Å². The fraction of sp³-hybridized carbons (Fsp3) is 0.667. The van der Waals surface area contributed by atoms with Crippen LogP contribution in [-0.2, 0) is 14.8 Å². The largest absolute Gasteiger partial charge is 0.386 e. The van der Waals surface area contributed by atoms with E-state index in [9.17, 15) is 13.5 Å². The highest BCUT2D eigenvalue weighted by atomic mass is 32.2. The summed E-state index contributed by atoms with van der Waals surface area (Å²) >= 11 is 0. The van der Waals surface area contributed by atoms with Gasteiger partial charge in [-0.05, 0) is 33.3 Å². The van der Waals surface area contributed by atoms with Crippen molar-refractivity contribution in [3.63, 3.8) is 0 Å². The van der Waals surface area contributed by atoms with Crippen LogP contribution in [0, 0.1) is 6.92 Å². The first-order chi connectivity index (χ1) is 14.2. The fourth-order valence-electron chi connectivity index (χ4n) is 3.28. The van der Waals surface area contributed by atoms with Crippen molar-refractivity contribution in [2.24, 2.45) is 4.99 Å². The molecular weight excluding hydrogens is 404 g/mol. The normalized spacial score (nSPS) is 17.4. The van der Waals surface area contributed by atoms with Crippen LogP contribution in [0.3, 0.4) is 0 Å². The third kappa shape index (κ3) is 7.54. The summed E-state index contributed by atoms with van der Waals surface area (Å²) in [7, 11) is -3.32. The molecule has 1 atom stereocenters. The molecule has 1 saturated heterocycles. The van der Waals surface area contributed by atoms with E-state index in [1.807, 2.05) is 56.9 Å². The zero-order valence-corrected chi connectivity index (χ0v) is 19.4. The van der Waals surface area contributed by atoms with Crippen LogP contribution in [0.4, 0.5) is 0 Å². The monoisotopic (exact) mass is 440 g/mol. The number of hydrogen-bond donors (Lipinski definition) is 2. The van der Waals surface area contributed by atoms with Crippen molar-refractivity contribution >= 4 is 16.0 Å². The van der Waals surface area contributed by atoms with Gasteiger partial charge in [0.15, 0.2) is 5.96 Å². The van der Waals surface area contributed by atoms with E-state index >= 15 is 0 Å². The maximum Gasteiger partial charge on any atom is 0.216 e. The zero-order chi connectivity index (χ0) is 22.1. The maximum absolute atomic E-state index is 12.5. The molecule has 0 spiro atoms. The number of nitrogens with zero attached hydrogens (tertiary/aromatic N) is 3. The van der Waals surface area contributed by atoms with Crippen LogP contribution in [0.2, 0.25) is 0 Å². The third-order valence-corrected chi connectivity index (χ3v) is 6.73. The molecule has 1 heterocycles. The van der Waals surface area contributed by atoms with E-state index in [2.05, 4.69) is 10.3 Å². The molecule has 30 heavy (non-hydrogen) atoms. The van der Waals surface area contributed by atoms with Gasteiger partial charge >= 0.3 is 0 Å². The second-order valence-corrected chi connectivity index (χ2v) is 9.83. The molecule has 170 valence electrons. The van der Waals surface area contributed by atoms with Crippen molar-refractivity contribution in [3.05, 3.63) is 35.4 Å². The topological polar surface area (TPSA) is 94.5 Å². The number of piperazine rings is 1. The Bertz CT molecular complexity index is 790. The summed E-state index contributed by atoms with van der Waals surface area (Å²) in [5.41, 5.74) is 1.94. The predicted molar refractivity (Wildman–Crippen MR) is 120 cm³/mol. The van der Waals surface area contributed by atoms with Crippen molar-refractivity contribution < 1.29 is 18.3 Å². The van der Waals surface area contributed by atoms with Gasteiger partial charge in [0.1, 0.15) is 0 Å². The molecule has 1 aliphatic heterocycles. The van der Waals surface area contributed by atoms with E-state index in [0.29, 0.717) is 38.7 Å². The van der Waals surface area contributed by atoms with Gasteiger partial charge in [0.05, 0.1) is 31.1 Å². The smallest absolute Gasteiger partial charge is 0.216 e. The van der Waals surface area contributed by atoms with Crippen LogP contribution in [0.1, 0.15) is 38.0 Å². The number of ether oxygens (including phenoxy) is 1. The van der Waals surface area contributed by atoms with E-state index in [4.69, 9.17) is 4.74 Å². The summed E-state index contributed by atoms with van der Waals surface area (Å²) < 4.78 is 31.9. The van der Waals surface area contributed by atoms with E-state index in [0.717, 1.165) is 11.1 Å². The second-order valence-electron chi connectivity index (χ2n) is 7.75. The molecule has 2 rings (SSSR count). The Morgan fingerprint density at radius 3 is 2.57 bits per heavy atom. The number of benzene rings is 1. The van der Waals surface area contributed by atoms with Crippen molar-refractivity contribution in [1.29, 1.82) is 0 Å². The molecule has 0 radical (unpaired) electrons. The van der Waals surface area contributed by atoms with Crippen LogP contribution in [0.15, 0.2) is 29.3 Å². The summed E-state index contributed by atoms with van der Waals surface area (Å²) in [6.45, 7) is 10.8. The Morgan fingerprint density at radius 2 is 1.97 bits per heavy atom. The van der Waals surface area contributed by atoms with Gasteiger partial charge in [-0.25, -0.2) is 8.42 Å². The second kappa shape index (κ2) is 11.6. The van der Waals surface area contributed by atoms with E-state index in [1.165, 1.54) is 4.31 Å². The number of sulfonamides is 1. The number of nitrogens with one attached hydrogen (secondary N) is 1. The molecule has 8 nitrogen and oxygen atoms in total. The predicted octanol–water partition coefficient (Wildman–Crippen LogP) is 1.37. The van der Waals surface area contributed by atoms with Crippen LogP contribution >= 0.6 is 0 Å². The summed E-state index contributed by atoms with van der Waals surface area (Å²) in [4.78, 5) is 6.64. The SMILES string of the molecule is CCNC(=NCC(O)c1cccc(C)c1)N1CCN(S(=O)(=O)CCOC(C)C)CC1. The molecule has 1 aromatic rings. The van der Waals surface area contributed by atoms with Crippen molar-refractivity contribution in [2.45, 2.75) is 39.9 Å². The van der Waals surface area contributed by atoms with Gasteiger partial charge in [0, 0.05) is 32.7 Å². The lowest BCUT2D eigenvalue weighted by molar-refractivity contribution is 0.0904. The van der Waals surface area contributed by atoms with E-state index in [-0.39, 0.29) is 25.0 Å². The average Bonchev–Trinajstić information content (AvgIpc) is 2.70. The van der Waals surface area contributed by atoms with Crippen LogP contribution < -0.4 is 5.32 Å². The van der Waals surface area contributed by atoms with E-state index in [1.54, 1.807) is 0 Å².